The van der Waals surface area contributed by atoms with E-state index in [1.807, 2.05) is 0 Å². The predicted molar refractivity (Wildman–Crippen MR) is 97.0 cm³/mol. The standard InChI is InChI=1S/C17H24F3N3O3S/c1-11(2)27(25,26)22-13-6-8-23(9-7-13)16(24)21-14-4-5-15(12(3)10-14)17(18,19)20/h4-5,10-11,13,22H,6-9H2,1-3H3,(H,21,24). The van der Waals surface area contributed by atoms with Crippen LogP contribution in [0.5, 0.6) is 0 Å². The van der Waals surface area contributed by atoms with E-state index in [0.717, 1.165) is 6.07 Å². The second kappa shape index (κ2) is 8.05. The Bertz CT molecular complexity index is 786. The van der Waals surface area contributed by atoms with E-state index in [1.54, 1.807) is 13.8 Å². The van der Waals surface area contributed by atoms with Crippen LogP contribution in [0.15, 0.2) is 18.2 Å². The summed E-state index contributed by atoms with van der Waals surface area (Å²) < 4.78 is 64.8. The van der Waals surface area contributed by atoms with Crippen LogP contribution in [0.25, 0.3) is 0 Å². The fourth-order valence-electron chi connectivity index (χ4n) is 2.83. The van der Waals surface area contributed by atoms with Gasteiger partial charge in [0.2, 0.25) is 10.0 Å². The molecule has 2 rings (SSSR count). The number of piperidine rings is 1. The summed E-state index contributed by atoms with van der Waals surface area (Å²) in [6.07, 6.45) is -3.48. The number of anilines is 1. The van der Waals surface area contributed by atoms with Crippen molar-refractivity contribution in [3.8, 4) is 0 Å². The minimum Gasteiger partial charge on any atom is -0.324 e. The summed E-state index contributed by atoms with van der Waals surface area (Å²) in [6, 6.07) is 2.80. The normalized spacial score (nSPS) is 16.6. The van der Waals surface area contributed by atoms with E-state index < -0.39 is 33.0 Å². The van der Waals surface area contributed by atoms with Crippen LogP contribution in [0.4, 0.5) is 23.7 Å². The molecule has 0 unspecified atom stereocenters. The van der Waals surface area contributed by atoms with Crippen LogP contribution in [0.1, 0.15) is 37.8 Å². The van der Waals surface area contributed by atoms with Crippen molar-refractivity contribution in [1.82, 2.24) is 9.62 Å². The van der Waals surface area contributed by atoms with Crippen LogP contribution in [0.2, 0.25) is 0 Å². The molecule has 0 aliphatic carbocycles. The zero-order valence-corrected chi connectivity index (χ0v) is 16.2. The van der Waals surface area contributed by atoms with Gasteiger partial charge in [0.25, 0.3) is 0 Å². The van der Waals surface area contributed by atoms with Crippen LogP contribution >= 0.6 is 0 Å². The maximum absolute atomic E-state index is 12.8. The average molecular weight is 407 g/mol. The van der Waals surface area contributed by atoms with E-state index in [9.17, 15) is 26.4 Å². The third-order valence-electron chi connectivity index (χ3n) is 4.52. The molecule has 1 fully saturated rings. The third-order valence-corrected chi connectivity index (χ3v) is 6.42. The number of carbonyl (C=O) groups excluding carboxylic acids is 1. The smallest absolute Gasteiger partial charge is 0.324 e. The highest BCUT2D eigenvalue weighted by molar-refractivity contribution is 7.90. The fourth-order valence-corrected chi connectivity index (χ4v) is 3.80. The summed E-state index contributed by atoms with van der Waals surface area (Å²) in [7, 11) is -3.37. The Hall–Kier alpha value is -1.81. The molecule has 152 valence electrons. The van der Waals surface area contributed by atoms with Gasteiger partial charge in [0, 0.05) is 24.8 Å². The fraction of sp³-hybridized carbons (Fsp3) is 0.588. The van der Waals surface area contributed by atoms with E-state index in [-0.39, 0.29) is 17.3 Å². The van der Waals surface area contributed by atoms with Crippen molar-refractivity contribution >= 4 is 21.7 Å². The SMILES string of the molecule is Cc1cc(NC(=O)N2CCC(NS(=O)(=O)C(C)C)CC2)ccc1C(F)(F)F. The molecule has 2 amide bonds. The Morgan fingerprint density at radius 1 is 1.22 bits per heavy atom. The number of amides is 2. The molecule has 0 spiro atoms. The molecule has 0 bridgehead atoms. The zero-order valence-electron chi connectivity index (χ0n) is 15.4. The molecular formula is C17H24F3N3O3S. The monoisotopic (exact) mass is 407 g/mol. The number of halogens is 3. The van der Waals surface area contributed by atoms with E-state index in [2.05, 4.69) is 10.0 Å². The summed E-state index contributed by atoms with van der Waals surface area (Å²) in [5.74, 6) is 0. The molecule has 1 aliphatic rings. The first-order valence-corrected chi connectivity index (χ1v) is 10.2. The maximum atomic E-state index is 12.8. The van der Waals surface area contributed by atoms with Crippen molar-refractivity contribution in [3.05, 3.63) is 29.3 Å². The number of aryl methyl sites for hydroxylation is 1. The Morgan fingerprint density at radius 3 is 2.30 bits per heavy atom. The quantitative estimate of drug-likeness (QED) is 0.804. The molecule has 0 radical (unpaired) electrons. The van der Waals surface area contributed by atoms with Crippen molar-refractivity contribution < 1.29 is 26.4 Å². The first-order chi connectivity index (χ1) is 12.4. The second-order valence-electron chi connectivity index (χ2n) is 6.93. The second-order valence-corrected chi connectivity index (χ2v) is 9.20. The van der Waals surface area contributed by atoms with Gasteiger partial charge in [-0.25, -0.2) is 17.9 Å². The number of carbonyl (C=O) groups is 1. The number of benzene rings is 1. The molecule has 6 nitrogen and oxygen atoms in total. The lowest BCUT2D eigenvalue weighted by molar-refractivity contribution is -0.138. The van der Waals surface area contributed by atoms with Crippen molar-refractivity contribution in [1.29, 1.82) is 0 Å². The van der Waals surface area contributed by atoms with Crippen LogP contribution < -0.4 is 10.0 Å². The summed E-state index contributed by atoms with van der Waals surface area (Å²) in [6.45, 7) is 5.24. The van der Waals surface area contributed by atoms with Gasteiger partial charge in [-0.05, 0) is 57.4 Å². The summed E-state index contributed by atoms with van der Waals surface area (Å²) in [5, 5.41) is 2.07. The molecule has 10 heteroatoms. The Balaban J connectivity index is 1.92. The lowest BCUT2D eigenvalue weighted by atomic mass is 10.1. The summed E-state index contributed by atoms with van der Waals surface area (Å²) >= 11 is 0. The van der Waals surface area contributed by atoms with Crippen molar-refractivity contribution in [2.24, 2.45) is 0 Å². The highest BCUT2D eigenvalue weighted by atomic mass is 32.2. The van der Waals surface area contributed by atoms with Gasteiger partial charge in [-0.3, -0.25) is 0 Å². The topological polar surface area (TPSA) is 78.5 Å². The summed E-state index contributed by atoms with van der Waals surface area (Å²) in [5.41, 5.74) is -0.422. The van der Waals surface area contributed by atoms with Crippen LogP contribution in [-0.2, 0) is 16.2 Å². The van der Waals surface area contributed by atoms with Gasteiger partial charge in [-0.15, -0.1) is 0 Å². The molecule has 0 atom stereocenters. The van der Waals surface area contributed by atoms with Gasteiger partial charge in [-0.1, -0.05) is 0 Å². The lowest BCUT2D eigenvalue weighted by Crippen LogP contribution is -2.48. The zero-order chi connectivity index (χ0) is 20.4. The van der Waals surface area contributed by atoms with E-state index >= 15 is 0 Å². The molecule has 1 saturated heterocycles. The highest BCUT2D eigenvalue weighted by Crippen LogP contribution is 2.33. The van der Waals surface area contributed by atoms with Gasteiger partial charge >= 0.3 is 12.2 Å². The minimum absolute atomic E-state index is 0.0297. The number of rotatable bonds is 4. The first-order valence-electron chi connectivity index (χ1n) is 8.65. The maximum Gasteiger partial charge on any atom is 0.416 e. The molecule has 0 saturated carbocycles. The number of likely N-dealkylation sites (tertiary alicyclic amines) is 1. The summed E-state index contributed by atoms with van der Waals surface area (Å²) in [4.78, 5) is 13.8. The van der Waals surface area contributed by atoms with Crippen LogP contribution in [-0.4, -0.2) is 43.7 Å². The Morgan fingerprint density at radius 2 is 1.81 bits per heavy atom. The molecule has 27 heavy (non-hydrogen) atoms. The van der Waals surface area contributed by atoms with Crippen LogP contribution in [0.3, 0.4) is 0 Å². The van der Waals surface area contributed by atoms with Crippen LogP contribution in [0, 0.1) is 6.92 Å². The Labute approximate surface area is 157 Å². The van der Waals surface area contributed by atoms with E-state index in [4.69, 9.17) is 0 Å². The predicted octanol–water partition coefficient (Wildman–Crippen LogP) is 3.34. The number of alkyl halides is 3. The van der Waals surface area contributed by atoms with Gasteiger partial charge < -0.3 is 10.2 Å². The van der Waals surface area contributed by atoms with Crippen molar-refractivity contribution in [2.75, 3.05) is 18.4 Å². The molecule has 1 aliphatic heterocycles. The van der Waals surface area contributed by atoms with Gasteiger partial charge in [-0.2, -0.15) is 13.2 Å². The van der Waals surface area contributed by atoms with Crippen molar-refractivity contribution in [3.63, 3.8) is 0 Å². The van der Waals surface area contributed by atoms with Crippen molar-refractivity contribution in [2.45, 2.75) is 51.1 Å². The molecule has 1 heterocycles. The Kier molecular flexibility index (Phi) is 6.41. The van der Waals surface area contributed by atoms with Gasteiger partial charge in [0.1, 0.15) is 0 Å². The minimum atomic E-state index is -4.43. The number of hydrogen-bond acceptors (Lipinski definition) is 3. The number of hydrogen-bond donors (Lipinski definition) is 2. The first kappa shape index (κ1) is 21.5. The van der Waals surface area contributed by atoms with Gasteiger partial charge in [0.15, 0.2) is 0 Å². The largest absolute Gasteiger partial charge is 0.416 e. The number of sulfonamides is 1. The lowest BCUT2D eigenvalue weighted by Gasteiger charge is -2.32. The van der Waals surface area contributed by atoms with E-state index in [0.29, 0.717) is 25.9 Å². The number of urea groups is 1. The molecular weight excluding hydrogens is 383 g/mol. The van der Waals surface area contributed by atoms with Gasteiger partial charge in [0.05, 0.1) is 10.8 Å². The van der Waals surface area contributed by atoms with E-state index in [1.165, 1.54) is 24.0 Å². The molecule has 0 aromatic heterocycles. The molecule has 1 aromatic rings. The number of nitrogens with one attached hydrogen (secondary N) is 2. The average Bonchev–Trinajstić information content (AvgIpc) is 2.53. The number of nitrogens with zero attached hydrogens (tertiary/aromatic N) is 1. The molecule has 2 N–H and O–H groups in total. The highest BCUT2D eigenvalue weighted by Gasteiger charge is 2.32. The molecule has 1 aromatic carbocycles. The third kappa shape index (κ3) is 5.58.